The summed E-state index contributed by atoms with van der Waals surface area (Å²) >= 11 is 0. The van der Waals surface area contributed by atoms with E-state index in [9.17, 15) is 0 Å². The molecular formula is C46H60O2Si2. The molecule has 2 fully saturated rings. The Morgan fingerprint density at radius 1 is 0.480 bits per heavy atom. The van der Waals surface area contributed by atoms with Gasteiger partial charge in [0.2, 0.25) is 0 Å². The summed E-state index contributed by atoms with van der Waals surface area (Å²) in [6.45, 7) is 20.0. The molecule has 0 saturated heterocycles. The van der Waals surface area contributed by atoms with Crippen LogP contribution < -0.4 is 20.7 Å². The fourth-order valence-electron chi connectivity index (χ4n) is 7.88. The lowest BCUT2D eigenvalue weighted by molar-refractivity contribution is 0.277. The van der Waals surface area contributed by atoms with Gasteiger partial charge >= 0.3 is 0 Å². The molecule has 0 spiro atoms. The van der Waals surface area contributed by atoms with Gasteiger partial charge in [-0.3, -0.25) is 0 Å². The quantitative estimate of drug-likeness (QED) is 0.108. The maximum Gasteiger partial charge on any atom is 0.261 e. The zero-order valence-corrected chi connectivity index (χ0v) is 33.8. The molecule has 2 nitrogen and oxygen atoms in total. The number of allylic oxidation sites excluding steroid dienone is 4. The average molecular weight is 701 g/mol. The Hall–Kier alpha value is -3.29. The van der Waals surface area contributed by atoms with E-state index < -0.39 is 16.6 Å². The number of hydrogen-bond donors (Lipinski definition) is 0. The van der Waals surface area contributed by atoms with Crippen molar-refractivity contribution in [2.75, 3.05) is 13.2 Å². The third-order valence-electron chi connectivity index (χ3n) is 10.7. The van der Waals surface area contributed by atoms with Gasteiger partial charge in [-0.25, -0.2) is 0 Å². The summed E-state index contributed by atoms with van der Waals surface area (Å²) in [6, 6.07) is 43.7. The van der Waals surface area contributed by atoms with E-state index in [-0.39, 0.29) is 10.1 Å². The van der Waals surface area contributed by atoms with Gasteiger partial charge in [-0.2, -0.15) is 0 Å². The van der Waals surface area contributed by atoms with Crippen LogP contribution in [0.25, 0.3) is 0 Å². The van der Waals surface area contributed by atoms with Crippen LogP contribution in [0.15, 0.2) is 146 Å². The van der Waals surface area contributed by atoms with Crippen LogP contribution in [0.1, 0.15) is 68.2 Å². The van der Waals surface area contributed by atoms with Gasteiger partial charge in [0.1, 0.15) is 0 Å². The second-order valence-electron chi connectivity index (χ2n) is 16.3. The van der Waals surface area contributed by atoms with E-state index in [1.54, 1.807) is 0 Å². The van der Waals surface area contributed by atoms with Gasteiger partial charge in [0.15, 0.2) is 0 Å². The third kappa shape index (κ3) is 8.42. The Morgan fingerprint density at radius 2 is 0.740 bits per heavy atom. The molecule has 0 radical (unpaired) electrons. The van der Waals surface area contributed by atoms with Crippen LogP contribution in [0.2, 0.25) is 10.1 Å². The summed E-state index contributed by atoms with van der Waals surface area (Å²) in [4.78, 5) is 0. The van der Waals surface area contributed by atoms with E-state index in [4.69, 9.17) is 8.85 Å². The molecule has 0 heterocycles. The highest BCUT2D eigenvalue weighted by molar-refractivity contribution is 7.00. The van der Waals surface area contributed by atoms with Gasteiger partial charge in [0.25, 0.3) is 16.6 Å². The first-order chi connectivity index (χ1) is 24.0. The molecule has 0 amide bonds. The summed E-state index contributed by atoms with van der Waals surface area (Å²) < 4.78 is 13.9. The van der Waals surface area contributed by atoms with Crippen molar-refractivity contribution >= 4 is 37.4 Å². The van der Waals surface area contributed by atoms with E-state index in [2.05, 4.69) is 201 Å². The Morgan fingerprint density at radius 3 is 0.960 bits per heavy atom. The number of rotatable bonds is 12. The normalized spacial score (nSPS) is 20.8. The van der Waals surface area contributed by atoms with E-state index in [0.717, 1.165) is 13.2 Å². The summed E-state index contributed by atoms with van der Waals surface area (Å²) in [7, 11) is -4.70. The van der Waals surface area contributed by atoms with Crippen molar-refractivity contribution in [3.05, 3.63) is 146 Å². The molecule has 2 aliphatic rings. The second-order valence-corrected chi connectivity index (χ2v) is 24.9. The average Bonchev–Trinajstić information content (AvgIpc) is 4.04. The Kier molecular flexibility index (Phi) is 12.4. The third-order valence-corrected chi connectivity index (χ3v) is 20.7. The lowest BCUT2D eigenvalue weighted by Crippen LogP contribution is -2.66. The van der Waals surface area contributed by atoms with E-state index >= 15 is 0 Å². The SMILES string of the molecule is C/C=C/[C@@H]1C[C@@H]1CO[Si](c1ccccc1)(c1ccccc1)C(C)(C)C.C/C=C/[C@H]1C[C@H]1CO[Si](c1ccccc1)(c1ccccc1)C(C)(C)C. The standard InChI is InChI=1S/2C23H30OSi/c2*1-5-12-19-17-20(19)18-24-25(23(2,3)4,21-13-8-6-9-14-21)22-15-10-7-11-16-22/h2*5-16,19-20H,17-18H2,1-4H3/b2*12-5+/t2*19-,20-/m10/s1. The van der Waals surface area contributed by atoms with Crippen LogP contribution in [-0.4, -0.2) is 29.8 Å². The second kappa shape index (κ2) is 16.4. The molecule has 6 rings (SSSR count). The van der Waals surface area contributed by atoms with Gasteiger partial charge in [0.05, 0.1) is 0 Å². The van der Waals surface area contributed by atoms with Crippen LogP contribution in [-0.2, 0) is 8.85 Å². The minimum Gasteiger partial charge on any atom is -0.407 e. The van der Waals surface area contributed by atoms with Crippen LogP contribution in [0.3, 0.4) is 0 Å². The monoisotopic (exact) mass is 700 g/mol. The largest absolute Gasteiger partial charge is 0.407 e. The minimum absolute atomic E-state index is 0.0701. The number of hydrogen-bond acceptors (Lipinski definition) is 2. The van der Waals surface area contributed by atoms with Gasteiger partial charge in [0, 0.05) is 13.2 Å². The highest BCUT2D eigenvalue weighted by atomic mass is 28.4. The first-order valence-corrected chi connectivity index (χ1v) is 22.5. The molecule has 264 valence electrons. The molecule has 4 aromatic rings. The smallest absolute Gasteiger partial charge is 0.261 e. The molecule has 0 bridgehead atoms. The Labute approximate surface area is 305 Å². The predicted octanol–water partition coefficient (Wildman–Crippen LogP) is 9.55. The first-order valence-electron chi connectivity index (χ1n) is 18.7. The van der Waals surface area contributed by atoms with Crippen molar-refractivity contribution < 1.29 is 8.85 Å². The van der Waals surface area contributed by atoms with Crippen LogP contribution in [0.5, 0.6) is 0 Å². The first kappa shape index (κ1) is 38.0. The Bertz CT molecular complexity index is 1450. The molecular weight excluding hydrogens is 641 g/mol. The summed E-state index contributed by atoms with van der Waals surface area (Å²) in [6.07, 6.45) is 11.5. The molecule has 2 aliphatic carbocycles. The van der Waals surface area contributed by atoms with Crippen molar-refractivity contribution in [1.82, 2.24) is 0 Å². The fraction of sp³-hybridized carbons (Fsp3) is 0.391. The van der Waals surface area contributed by atoms with Crippen molar-refractivity contribution in [1.29, 1.82) is 0 Å². The molecule has 0 aromatic heterocycles. The van der Waals surface area contributed by atoms with Crippen molar-refractivity contribution in [3.8, 4) is 0 Å². The van der Waals surface area contributed by atoms with Gasteiger partial charge < -0.3 is 8.85 Å². The highest BCUT2D eigenvalue weighted by Crippen LogP contribution is 2.44. The zero-order valence-electron chi connectivity index (χ0n) is 31.8. The molecule has 4 aromatic carbocycles. The Balaban J connectivity index is 0.000000194. The molecule has 0 unspecified atom stereocenters. The fourth-order valence-corrected chi connectivity index (χ4v) is 17.1. The van der Waals surface area contributed by atoms with E-state index in [1.807, 2.05) is 0 Å². The topological polar surface area (TPSA) is 18.5 Å². The van der Waals surface area contributed by atoms with Crippen molar-refractivity contribution in [2.24, 2.45) is 23.7 Å². The molecule has 4 atom stereocenters. The summed E-state index contributed by atoms with van der Waals surface area (Å²) in [5.74, 6) is 2.78. The molecule has 2 saturated carbocycles. The van der Waals surface area contributed by atoms with E-state index in [1.165, 1.54) is 33.6 Å². The molecule has 0 N–H and O–H groups in total. The van der Waals surface area contributed by atoms with Gasteiger partial charge in [-0.1, -0.05) is 187 Å². The summed E-state index contributed by atoms with van der Waals surface area (Å²) in [5.41, 5.74) is 0. The highest BCUT2D eigenvalue weighted by Gasteiger charge is 2.52. The van der Waals surface area contributed by atoms with Crippen LogP contribution >= 0.6 is 0 Å². The summed E-state index contributed by atoms with van der Waals surface area (Å²) in [5, 5.41) is 5.63. The minimum atomic E-state index is -2.35. The lowest BCUT2D eigenvalue weighted by atomic mass is 10.2. The van der Waals surface area contributed by atoms with Crippen molar-refractivity contribution in [3.63, 3.8) is 0 Å². The van der Waals surface area contributed by atoms with E-state index in [0.29, 0.717) is 23.7 Å². The maximum atomic E-state index is 6.97. The maximum absolute atomic E-state index is 6.97. The van der Waals surface area contributed by atoms with Crippen LogP contribution in [0.4, 0.5) is 0 Å². The molecule has 0 aliphatic heterocycles. The van der Waals surface area contributed by atoms with Crippen LogP contribution in [0, 0.1) is 23.7 Å². The predicted molar refractivity (Wildman–Crippen MR) is 220 cm³/mol. The molecule has 4 heteroatoms. The van der Waals surface area contributed by atoms with Crippen molar-refractivity contribution in [2.45, 2.75) is 78.3 Å². The molecule has 50 heavy (non-hydrogen) atoms. The lowest BCUT2D eigenvalue weighted by Gasteiger charge is -2.43. The number of benzene rings is 4. The van der Waals surface area contributed by atoms with Gasteiger partial charge in [-0.05, 0) is 81.2 Å². The van der Waals surface area contributed by atoms with Gasteiger partial charge in [-0.15, -0.1) is 0 Å². The zero-order chi connectivity index (χ0) is 35.8.